The zero-order chi connectivity index (χ0) is 21.3. The van der Waals surface area contributed by atoms with Crippen molar-refractivity contribution in [3.05, 3.63) is 23.8 Å². The Labute approximate surface area is 157 Å². The fourth-order valence-electron chi connectivity index (χ4n) is 2.17. The number of ether oxygens (including phenoxy) is 3. The highest BCUT2D eigenvalue weighted by atomic mass is 19.4. The van der Waals surface area contributed by atoms with Gasteiger partial charge in [-0.3, -0.25) is 24.1 Å². The molecule has 0 radical (unpaired) electrons. The van der Waals surface area contributed by atoms with Gasteiger partial charge in [-0.25, -0.2) is 0 Å². The molecule has 1 aromatic carbocycles. The van der Waals surface area contributed by atoms with Crippen LogP contribution in [0.15, 0.2) is 18.2 Å². The van der Waals surface area contributed by atoms with Crippen LogP contribution in [0.3, 0.4) is 0 Å². The molecular weight excluding hydrogens is 387 g/mol. The van der Waals surface area contributed by atoms with E-state index in [9.17, 15) is 32.3 Å². The Morgan fingerprint density at radius 1 is 1.07 bits per heavy atom. The second-order valence-corrected chi connectivity index (χ2v) is 6.76. The maximum Gasteiger partial charge on any atom is 0.573 e. The fraction of sp³-hybridized carbons (Fsp3) is 0.412. The standard InChI is InChI=1S/C17H16F3NO7/c1-16(2,3)15(25)27-8-26-12(22)7-21-11-5-4-9(28-17(18,19)20)6-10(11)13(23)14(21)24/h4-6H,7-8H2,1-3H3. The summed E-state index contributed by atoms with van der Waals surface area (Å²) in [7, 11) is 0. The quantitative estimate of drug-likeness (QED) is 0.422. The zero-order valence-corrected chi connectivity index (χ0v) is 15.1. The minimum Gasteiger partial charge on any atom is -0.427 e. The normalized spacial score (nSPS) is 14.0. The second kappa shape index (κ2) is 7.49. The van der Waals surface area contributed by atoms with Gasteiger partial charge in [0.25, 0.3) is 11.7 Å². The van der Waals surface area contributed by atoms with E-state index in [4.69, 9.17) is 9.47 Å². The van der Waals surface area contributed by atoms with Gasteiger partial charge in [-0.2, -0.15) is 0 Å². The third-order valence-electron chi connectivity index (χ3n) is 3.49. The van der Waals surface area contributed by atoms with Crippen molar-refractivity contribution in [3.63, 3.8) is 0 Å². The van der Waals surface area contributed by atoms with Gasteiger partial charge in [-0.1, -0.05) is 0 Å². The van der Waals surface area contributed by atoms with Crippen LogP contribution in [0, 0.1) is 5.41 Å². The molecule has 0 aromatic heterocycles. The lowest BCUT2D eigenvalue weighted by molar-refractivity contribution is -0.274. The summed E-state index contributed by atoms with van der Waals surface area (Å²) in [4.78, 5) is 48.2. The molecule has 1 amide bonds. The first kappa shape index (κ1) is 21.2. The van der Waals surface area contributed by atoms with Gasteiger partial charge >= 0.3 is 18.3 Å². The van der Waals surface area contributed by atoms with Gasteiger partial charge in [0, 0.05) is 0 Å². The third kappa shape index (κ3) is 4.99. The molecule has 0 atom stereocenters. The SMILES string of the molecule is CC(C)(C)C(=O)OCOC(=O)CN1C(=O)C(=O)c2cc(OC(F)(F)F)ccc21. The molecule has 152 valence electrons. The first-order valence-electron chi connectivity index (χ1n) is 7.88. The number of Topliss-reactive ketones (excluding diaryl/α,β-unsaturated/α-hetero) is 1. The molecule has 0 aliphatic carbocycles. The Bertz CT molecular complexity index is 827. The van der Waals surface area contributed by atoms with E-state index >= 15 is 0 Å². The predicted molar refractivity (Wildman–Crippen MR) is 86.3 cm³/mol. The number of benzene rings is 1. The minimum atomic E-state index is -4.96. The summed E-state index contributed by atoms with van der Waals surface area (Å²) >= 11 is 0. The maximum absolute atomic E-state index is 12.3. The number of halogens is 3. The van der Waals surface area contributed by atoms with Crippen molar-refractivity contribution in [2.75, 3.05) is 18.2 Å². The van der Waals surface area contributed by atoms with Crippen molar-refractivity contribution in [2.24, 2.45) is 5.41 Å². The van der Waals surface area contributed by atoms with Crippen LogP contribution in [0.4, 0.5) is 18.9 Å². The van der Waals surface area contributed by atoms with E-state index in [-0.39, 0.29) is 11.3 Å². The Hall–Kier alpha value is -3.11. The number of hydrogen-bond donors (Lipinski definition) is 0. The molecule has 1 heterocycles. The van der Waals surface area contributed by atoms with Gasteiger partial charge in [0.2, 0.25) is 6.79 Å². The lowest BCUT2D eigenvalue weighted by Crippen LogP contribution is -2.36. The Kier molecular flexibility index (Phi) is 5.67. The molecule has 1 aliphatic rings. The molecule has 2 rings (SSSR count). The lowest BCUT2D eigenvalue weighted by Gasteiger charge is -2.18. The van der Waals surface area contributed by atoms with E-state index in [1.807, 2.05) is 0 Å². The van der Waals surface area contributed by atoms with Crippen LogP contribution in [0.2, 0.25) is 0 Å². The van der Waals surface area contributed by atoms with Crippen molar-refractivity contribution in [1.29, 1.82) is 0 Å². The Balaban J connectivity index is 2.04. The van der Waals surface area contributed by atoms with E-state index < -0.39 is 54.5 Å². The van der Waals surface area contributed by atoms with Crippen molar-refractivity contribution in [2.45, 2.75) is 27.1 Å². The summed E-state index contributed by atoms with van der Waals surface area (Å²) in [6.45, 7) is 3.41. The summed E-state index contributed by atoms with van der Waals surface area (Å²) < 4.78 is 50.0. The van der Waals surface area contributed by atoms with Crippen LogP contribution in [0.1, 0.15) is 31.1 Å². The van der Waals surface area contributed by atoms with Crippen molar-refractivity contribution >= 4 is 29.3 Å². The number of nitrogens with zero attached hydrogens (tertiary/aromatic N) is 1. The smallest absolute Gasteiger partial charge is 0.427 e. The van der Waals surface area contributed by atoms with Crippen LogP contribution in [0.25, 0.3) is 0 Å². The molecule has 0 fully saturated rings. The van der Waals surface area contributed by atoms with Gasteiger partial charge in [-0.05, 0) is 39.0 Å². The first-order valence-corrected chi connectivity index (χ1v) is 7.88. The number of rotatable bonds is 5. The number of anilines is 1. The number of hydrogen-bond acceptors (Lipinski definition) is 7. The average molecular weight is 403 g/mol. The number of fused-ring (bicyclic) bond motifs is 1. The van der Waals surface area contributed by atoms with Gasteiger partial charge in [0.1, 0.15) is 12.3 Å². The number of carbonyl (C=O) groups is 4. The third-order valence-corrected chi connectivity index (χ3v) is 3.49. The number of ketones is 1. The predicted octanol–water partition coefficient (Wildman–Crippen LogP) is 2.20. The highest BCUT2D eigenvalue weighted by molar-refractivity contribution is 6.52. The summed E-state index contributed by atoms with van der Waals surface area (Å²) in [5.41, 5.74) is -1.20. The Morgan fingerprint density at radius 3 is 2.29 bits per heavy atom. The van der Waals surface area contributed by atoms with Gasteiger partial charge in [-0.15, -0.1) is 13.2 Å². The molecule has 1 aromatic rings. The largest absolute Gasteiger partial charge is 0.573 e. The van der Waals surface area contributed by atoms with Crippen molar-refractivity contribution in [1.82, 2.24) is 0 Å². The molecule has 0 saturated heterocycles. The number of esters is 2. The van der Waals surface area contributed by atoms with Gasteiger partial charge < -0.3 is 14.2 Å². The number of carbonyl (C=O) groups excluding carboxylic acids is 4. The number of amides is 1. The zero-order valence-electron chi connectivity index (χ0n) is 15.1. The van der Waals surface area contributed by atoms with Crippen LogP contribution < -0.4 is 9.64 Å². The van der Waals surface area contributed by atoms with E-state index in [0.717, 1.165) is 23.1 Å². The van der Waals surface area contributed by atoms with Crippen molar-refractivity contribution in [3.8, 4) is 5.75 Å². The van der Waals surface area contributed by atoms with Gasteiger partial charge in [0.05, 0.1) is 16.7 Å². The molecule has 0 unspecified atom stereocenters. The minimum absolute atomic E-state index is 0.0619. The first-order chi connectivity index (χ1) is 12.8. The molecule has 0 spiro atoms. The monoisotopic (exact) mass is 403 g/mol. The second-order valence-electron chi connectivity index (χ2n) is 6.76. The summed E-state index contributed by atoms with van der Waals surface area (Å²) in [6, 6.07) is 2.72. The summed E-state index contributed by atoms with van der Waals surface area (Å²) in [6.07, 6.45) is -4.96. The molecule has 0 saturated carbocycles. The highest BCUT2D eigenvalue weighted by Crippen LogP contribution is 2.33. The maximum atomic E-state index is 12.3. The molecule has 0 N–H and O–H groups in total. The average Bonchev–Trinajstić information content (AvgIpc) is 2.77. The molecule has 1 aliphatic heterocycles. The van der Waals surface area contributed by atoms with E-state index in [2.05, 4.69) is 4.74 Å². The Morgan fingerprint density at radius 2 is 1.71 bits per heavy atom. The summed E-state index contributed by atoms with van der Waals surface area (Å²) in [5.74, 6) is -4.47. The molecular formula is C17H16F3NO7. The van der Waals surface area contributed by atoms with Gasteiger partial charge in [0.15, 0.2) is 0 Å². The topological polar surface area (TPSA) is 99.2 Å². The highest BCUT2D eigenvalue weighted by Gasteiger charge is 2.39. The van der Waals surface area contributed by atoms with Crippen LogP contribution >= 0.6 is 0 Å². The molecule has 0 bridgehead atoms. The molecule has 28 heavy (non-hydrogen) atoms. The van der Waals surface area contributed by atoms with Crippen LogP contribution in [-0.4, -0.2) is 43.3 Å². The van der Waals surface area contributed by atoms with Crippen LogP contribution in [-0.2, 0) is 23.9 Å². The molecule has 8 nitrogen and oxygen atoms in total. The fourth-order valence-corrected chi connectivity index (χ4v) is 2.17. The van der Waals surface area contributed by atoms with Crippen LogP contribution in [0.5, 0.6) is 5.75 Å². The number of alkyl halides is 3. The van der Waals surface area contributed by atoms with E-state index in [0.29, 0.717) is 0 Å². The lowest BCUT2D eigenvalue weighted by atomic mass is 9.98. The summed E-state index contributed by atoms with van der Waals surface area (Å²) in [5, 5.41) is 0. The van der Waals surface area contributed by atoms with E-state index in [1.54, 1.807) is 20.8 Å². The molecule has 11 heteroatoms. The van der Waals surface area contributed by atoms with E-state index in [1.165, 1.54) is 0 Å². The van der Waals surface area contributed by atoms with Crippen molar-refractivity contribution < 1.29 is 46.6 Å².